The number of fused-ring (bicyclic) bond motifs is 1. The Kier molecular flexibility index (Phi) is 6.05. The van der Waals surface area contributed by atoms with E-state index in [0.717, 1.165) is 33.3 Å². The second kappa shape index (κ2) is 9.09. The van der Waals surface area contributed by atoms with Crippen molar-refractivity contribution in [3.05, 3.63) is 84.2 Å². The van der Waals surface area contributed by atoms with Gasteiger partial charge in [0.05, 0.1) is 11.2 Å². The average Bonchev–Trinajstić information content (AvgIpc) is 2.81. The highest BCUT2D eigenvalue weighted by atomic mass is 16.5. The standard InChI is InChI=1S/C27H24N4O2/c1-27(2,3)31-26(32)33-17-18-9-11-20(12-10-18)25-21(19-7-5-4-6-8-19)15-22-23(30-25)13-14-29-24(22)16-28/h4-15H,17H2,1-3H3,(H,31,32). The summed E-state index contributed by atoms with van der Waals surface area (Å²) >= 11 is 0. The van der Waals surface area contributed by atoms with E-state index in [2.05, 4.69) is 16.4 Å². The van der Waals surface area contributed by atoms with Gasteiger partial charge in [0.25, 0.3) is 0 Å². The number of pyridine rings is 2. The first-order valence-corrected chi connectivity index (χ1v) is 10.6. The van der Waals surface area contributed by atoms with Gasteiger partial charge in [0.2, 0.25) is 0 Å². The minimum absolute atomic E-state index is 0.177. The Bertz CT molecular complexity index is 1340. The van der Waals surface area contributed by atoms with Crippen LogP contribution in [0.15, 0.2) is 72.9 Å². The summed E-state index contributed by atoms with van der Waals surface area (Å²) in [6, 6.07) is 23.7. The lowest BCUT2D eigenvalue weighted by Gasteiger charge is -2.20. The largest absolute Gasteiger partial charge is 0.445 e. The number of nitriles is 1. The lowest BCUT2D eigenvalue weighted by Crippen LogP contribution is -2.40. The number of rotatable bonds is 4. The molecule has 164 valence electrons. The molecule has 0 saturated heterocycles. The summed E-state index contributed by atoms with van der Waals surface area (Å²) in [7, 11) is 0. The Morgan fingerprint density at radius 1 is 1.03 bits per heavy atom. The fourth-order valence-electron chi connectivity index (χ4n) is 3.49. The highest BCUT2D eigenvalue weighted by Gasteiger charge is 2.16. The number of ether oxygens (including phenoxy) is 1. The molecular formula is C27H24N4O2. The zero-order valence-electron chi connectivity index (χ0n) is 18.8. The van der Waals surface area contributed by atoms with Crippen LogP contribution in [0.25, 0.3) is 33.3 Å². The van der Waals surface area contributed by atoms with Gasteiger partial charge >= 0.3 is 6.09 Å². The molecule has 1 N–H and O–H groups in total. The summed E-state index contributed by atoms with van der Waals surface area (Å²) in [6.45, 7) is 5.88. The van der Waals surface area contributed by atoms with Gasteiger partial charge in [-0.25, -0.2) is 14.8 Å². The monoisotopic (exact) mass is 436 g/mol. The average molecular weight is 437 g/mol. The Balaban J connectivity index is 1.69. The molecule has 0 unspecified atom stereocenters. The van der Waals surface area contributed by atoms with Crippen LogP contribution in [-0.2, 0) is 11.3 Å². The number of carbonyl (C=O) groups is 1. The van der Waals surface area contributed by atoms with Crippen molar-refractivity contribution in [1.29, 1.82) is 5.26 Å². The maximum Gasteiger partial charge on any atom is 0.407 e. The molecule has 0 spiro atoms. The van der Waals surface area contributed by atoms with E-state index in [1.165, 1.54) is 0 Å². The van der Waals surface area contributed by atoms with Crippen molar-refractivity contribution in [2.75, 3.05) is 0 Å². The first-order chi connectivity index (χ1) is 15.8. The number of aromatic nitrogens is 2. The van der Waals surface area contributed by atoms with Gasteiger partial charge < -0.3 is 10.1 Å². The fourth-order valence-corrected chi connectivity index (χ4v) is 3.49. The van der Waals surface area contributed by atoms with Crippen molar-refractivity contribution in [2.45, 2.75) is 32.9 Å². The van der Waals surface area contributed by atoms with Crippen molar-refractivity contribution in [3.63, 3.8) is 0 Å². The molecular weight excluding hydrogens is 412 g/mol. The quantitative estimate of drug-likeness (QED) is 0.433. The van der Waals surface area contributed by atoms with Crippen molar-refractivity contribution in [1.82, 2.24) is 15.3 Å². The molecule has 0 fully saturated rings. The van der Waals surface area contributed by atoms with Gasteiger partial charge in [-0.15, -0.1) is 0 Å². The van der Waals surface area contributed by atoms with Crippen LogP contribution in [0.3, 0.4) is 0 Å². The summed E-state index contributed by atoms with van der Waals surface area (Å²) in [5.74, 6) is 0. The third-order valence-corrected chi connectivity index (χ3v) is 5.01. The lowest BCUT2D eigenvalue weighted by atomic mass is 9.96. The molecule has 6 heteroatoms. The molecule has 0 bridgehead atoms. The number of hydrogen-bond donors (Lipinski definition) is 1. The zero-order chi connectivity index (χ0) is 23.4. The molecule has 0 aliphatic carbocycles. The van der Waals surface area contributed by atoms with E-state index in [1.54, 1.807) is 6.20 Å². The number of alkyl carbamates (subject to hydrolysis) is 1. The molecule has 2 aromatic carbocycles. The van der Waals surface area contributed by atoms with Crippen LogP contribution < -0.4 is 5.32 Å². The van der Waals surface area contributed by atoms with E-state index in [0.29, 0.717) is 11.2 Å². The van der Waals surface area contributed by atoms with E-state index in [9.17, 15) is 10.1 Å². The van der Waals surface area contributed by atoms with E-state index in [-0.39, 0.29) is 12.1 Å². The molecule has 0 radical (unpaired) electrons. The summed E-state index contributed by atoms with van der Waals surface area (Å²) in [5, 5.41) is 13.0. The molecule has 33 heavy (non-hydrogen) atoms. The van der Waals surface area contributed by atoms with Crippen LogP contribution in [0.4, 0.5) is 4.79 Å². The normalized spacial score (nSPS) is 11.1. The number of nitrogens with one attached hydrogen (secondary N) is 1. The molecule has 2 aromatic heterocycles. The molecule has 0 aliphatic rings. The number of carbonyl (C=O) groups excluding carboxylic acids is 1. The molecule has 6 nitrogen and oxygen atoms in total. The lowest BCUT2D eigenvalue weighted by molar-refractivity contribution is 0.131. The Labute approximate surface area is 192 Å². The molecule has 0 atom stereocenters. The molecule has 0 aliphatic heterocycles. The number of nitrogens with zero attached hydrogens (tertiary/aromatic N) is 3. The van der Waals surface area contributed by atoms with Crippen LogP contribution in [0, 0.1) is 11.3 Å². The van der Waals surface area contributed by atoms with Crippen molar-refractivity contribution >= 4 is 17.0 Å². The van der Waals surface area contributed by atoms with Gasteiger partial charge in [-0.2, -0.15) is 5.26 Å². The van der Waals surface area contributed by atoms with Crippen molar-refractivity contribution in [3.8, 4) is 28.5 Å². The van der Waals surface area contributed by atoms with Crippen LogP contribution in [0.5, 0.6) is 0 Å². The molecule has 4 rings (SSSR count). The van der Waals surface area contributed by atoms with E-state index < -0.39 is 6.09 Å². The highest BCUT2D eigenvalue weighted by Crippen LogP contribution is 2.34. The predicted octanol–water partition coefficient (Wildman–Crippen LogP) is 5.86. The second-order valence-electron chi connectivity index (χ2n) is 8.74. The van der Waals surface area contributed by atoms with Gasteiger partial charge in [-0.1, -0.05) is 54.6 Å². The predicted molar refractivity (Wildman–Crippen MR) is 128 cm³/mol. The van der Waals surface area contributed by atoms with Gasteiger partial charge in [-0.05, 0) is 44.0 Å². The van der Waals surface area contributed by atoms with Gasteiger partial charge in [-0.3, -0.25) is 0 Å². The zero-order valence-corrected chi connectivity index (χ0v) is 18.8. The summed E-state index contributed by atoms with van der Waals surface area (Å²) in [6.07, 6.45) is 1.15. The maximum absolute atomic E-state index is 11.9. The van der Waals surface area contributed by atoms with Crippen molar-refractivity contribution < 1.29 is 9.53 Å². The number of hydrogen-bond acceptors (Lipinski definition) is 5. The third kappa shape index (κ3) is 5.16. The van der Waals surface area contributed by atoms with Crippen LogP contribution in [0.1, 0.15) is 32.0 Å². The van der Waals surface area contributed by atoms with Gasteiger partial charge in [0, 0.05) is 28.2 Å². The van der Waals surface area contributed by atoms with Gasteiger partial charge in [0.15, 0.2) is 0 Å². The summed E-state index contributed by atoms with van der Waals surface area (Å²) < 4.78 is 5.32. The number of amides is 1. The molecule has 1 amide bonds. The highest BCUT2D eigenvalue weighted by molar-refractivity contribution is 5.93. The first-order valence-electron chi connectivity index (χ1n) is 10.6. The first kappa shape index (κ1) is 22.0. The Hall–Kier alpha value is -4.24. The minimum Gasteiger partial charge on any atom is -0.445 e. The Morgan fingerprint density at radius 3 is 2.42 bits per heavy atom. The smallest absolute Gasteiger partial charge is 0.407 e. The molecule has 4 aromatic rings. The van der Waals surface area contributed by atoms with E-state index in [4.69, 9.17) is 9.72 Å². The summed E-state index contributed by atoms with van der Waals surface area (Å²) in [4.78, 5) is 21.0. The van der Waals surface area contributed by atoms with Crippen LogP contribution in [-0.4, -0.2) is 21.6 Å². The second-order valence-corrected chi connectivity index (χ2v) is 8.74. The SMILES string of the molecule is CC(C)(C)NC(=O)OCc1ccc(-c2nc3ccnc(C#N)c3cc2-c2ccccc2)cc1. The van der Waals surface area contributed by atoms with E-state index in [1.807, 2.05) is 87.5 Å². The summed E-state index contributed by atoms with van der Waals surface area (Å²) in [5.41, 5.74) is 5.24. The fraction of sp³-hybridized carbons (Fsp3) is 0.185. The van der Waals surface area contributed by atoms with Crippen molar-refractivity contribution in [2.24, 2.45) is 0 Å². The van der Waals surface area contributed by atoms with Gasteiger partial charge in [0.1, 0.15) is 18.4 Å². The molecule has 0 saturated carbocycles. The topological polar surface area (TPSA) is 87.9 Å². The maximum atomic E-state index is 11.9. The van der Waals surface area contributed by atoms with Crippen LogP contribution in [0.2, 0.25) is 0 Å². The van der Waals surface area contributed by atoms with E-state index >= 15 is 0 Å². The number of benzene rings is 2. The third-order valence-electron chi connectivity index (χ3n) is 5.01. The minimum atomic E-state index is -0.448. The Morgan fingerprint density at radius 2 is 1.76 bits per heavy atom. The molecule has 2 heterocycles. The van der Waals surface area contributed by atoms with Crippen LogP contribution >= 0.6 is 0 Å².